The van der Waals surface area contributed by atoms with E-state index in [2.05, 4.69) is 26.6 Å². The van der Waals surface area contributed by atoms with Crippen molar-refractivity contribution < 1.29 is 33.9 Å². The molecule has 0 radical (unpaired) electrons. The van der Waals surface area contributed by atoms with Gasteiger partial charge in [-0.15, -0.1) is 0 Å². The molecule has 0 fully saturated rings. The number of amides is 5. The van der Waals surface area contributed by atoms with Crippen LogP contribution in [0.4, 0.5) is 0 Å². The molecule has 0 aliphatic heterocycles. The average molecular weight is 662 g/mol. The summed E-state index contributed by atoms with van der Waals surface area (Å²) in [5, 5.41) is 22.6. The first-order valence-electron chi connectivity index (χ1n) is 16.3. The topological polar surface area (TPSA) is 235 Å². The summed E-state index contributed by atoms with van der Waals surface area (Å²) in [6.45, 7) is 10.5. The maximum atomic E-state index is 13.4. The van der Waals surface area contributed by atoms with Crippen LogP contribution in [-0.4, -0.2) is 83.9 Å². The third kappa shape index (κ3) is 15.4. The van der Waals surface area contributed by atoms with Crippen LogP contribution in [0.3, 0.4) is 0 Å². The van der Waals surface area contributed by atoms with E-state index in [0.29, 0.717) is 19.4 Å². The van der Waals surface area contributed by atoms with Gasteiger partial charge in [0, 0.05) is 0 Å². The largest absolute Gasteiger partial charge is 0.480 e. The van der Waals surface area contributed by atoms with Crippen molar-refractivity contribution in [1.29, 1.82) is 0 Å². The maximum absolute atomic E-state index is 13.4. The maximum Gasteiger partial charge on any atom is 0.326 e. The number of nitrogens with one attached hydrogen (secondary N) is 5. The highest BCUT2D eigenvalue weighted by Crippen LogP contribution is 2.11. The Bertz CT molecular complexity index is 1180. The zero-order valence-electron chi connectivity index (χ0n) is 28.5. The zero-order chi connectivity index (χ0) is 35.7. The van der Waals surface area contributed by atoms with Crippen LogP contribution in [-0.2, 0) is 35.2 Å². The van der Waals surface area contributed by atoms with Crippen LogP contribution in [0.2, 0.25) is 0 Å². The van der Waals surface area contributed by atoms with Gasteiger partial charge in [-0.1, -0.05) is 71.9 Å². The van der Waals surface area contributed by atoms with E-state index in [4.69, 9.17) is 11.5 Å². The number of carbonyl (C=O) groups is 6. The number of carbonyl (C=O) groups excluding carboxylic acids is 5. The van der Waals surface area contributed by atoms with Crippen LogP contribution in [0, 0.1) is 17.8 Å². The molecule has 14 heteroatoms. The number of rotatable bonds is 21. The van der Waals surface area contributed by atoms with Gasteiger partial charge in [-0.3, -0.25) is 24.0 Å². The Hall–Kier alpha value is -4.04. The van der Waals surface area contributed by atoms with Gasteiger partial charge in [-0.05, 0) is 62.0 Å². The molecule has 0 heterocycles. The van der Waals surface area contributed by atoms with Gasteiger partial charge in [-0.2, -0.15) is 0 Å². The quantitative estimate of drug-likeness (QED) is 0.0838. The summed E-state index contributed by atoms with van der Waals surface area (Å²) in [6, 6.07) is 4.04. The van der Waals surface area contributed by atoms with Crippen LogP contribution in [0.5, 0.6) is 0 Å². The van der Waals surface area contributed by atoms with Gasteiger partial charge in [0.05, 0.1) is 12.6 Å². The number of hydrogen-bond acceptors (Lipinski definition) is 8. The van der Waals surface area contributed by atoms with Gasteiger partial charge in [0.1, 0.15) is 24.2 Å². The van der Waals surface area contributed by atoms with Crippen molar-refractivity contribution in [2.24, 2.45) is 29.2 Å². The van der Waals surface area contributed by atoms with Crippen molar-refractivity contribution in [2.75, 3.05) is 13.1 Å². The van der Waals surface area contributed by atoms with Gasteiger partial charge in [0.25, 0.3) is 0 Å². The summed E-state index contributed by atoms with van der Waals surface area (Å²) in [6.07, 6.45) is 1.84. The first-order chi connectivity index (χ1) is 22.1. The lowest BCUT2D eigenvalue weighted by molar-refractivity contribution is -0.143. The van der Waals surface area contributed by atoms with Crippen molar-refractivity contribution in [2.45, 2.75) is 104 Å². The Morgan fingerprint density at radius 3 is 1.79 bits per heavy atom. The SMILES string of the molecule is CC(C)C[C@@H](NC(=O)[C@H](NC(=O)[C@H](NC(=O)[C@@H](CCCCN)NC(=O)CNC(=O)[C@H](N)Cc1ccccc1)C(C)C)C(C)C)C(=O)O. The molecule has 1 aromatic rings. The monoisotopic (exact) mass is 661 g/mol. The standard InChI is InChI=1S/C33H55N7O7/c1-19(2)16-25(33(46)47)38-31(44)27(20(3)4)40-32(45)28(21(5)6)39-30(43)24(14-10-11-15-34)37-26(41)18-36-29(42)23(35)17-22-12-8-7-9-13-22/h7-9,12-13,19-21,23-25,27-28H,10-11,14-18,34-35H2,1-6H3,(H,36,42)(H,37,41)(H,38,44)(H,39,43)(H,40,45)(H,46,47)/t23-,24-,25-,27-,28-/m1/s1. The van der Waals surface area contributed by atoms with Crippen LogP contribution in [0.1, 0.15) is 72.8 Å². The van der Waals surface area contributed by atoms with Crippen molar-refractivity contribution >= 4 is 35.5 Å². The fraction of sp³-hybridized carbons (Fsp3) is 0.636. The lowest BCUT2D eigenvalue weighted by Gasteiger charge is -2.29. The van der Waals surface area contributed by atoms with Crippen molar-refractivity contribution in [1.82, 2.24) is 26.6 Å². The van der Waals surface area contributed by atoms with Gasteiger partial charge in [-0.25, -0.2) is 4.79 Å². The second-order valence-corrected chi connectivity index (χ2v) is 12.9. The van der Waals surface area contributed by atoms with Crippen LogP contribution < -0.4 is 38.1 Å². The van der Waals surface area contributed by atoms with E-state index in [-0.39, 0.29) is 25.2 Å². The van der Waals surface area contributed by atoms with Crippen molar-refractivity contribution in [3.63, 3.8) is 0 Å². The molecule has 0 saturated heterocycles. The number of nitrogens with two attached hydrogens (primary N) is 2. The zero-order valence-corrected chi connectivity index (χ0v) is 28.5. The molecule has 14 nitrogen and oxygen atoms in total. The van der Waals surface area contributed by atoms with E-state index in [0.717, 1.165) is 5.56 Å². The van der Waals surface area contributed by atoms with E-state index >= 15 is 0 Å². The van der Waals surface area contributed by atoms with E-state index in [1.807, 2.05) is 44.2 Å². The number of carboxylic acids is 1. The summed E-state index contributed by atoms with van der Waals surface area (Å²) in [5.74, 6) is -5.01. The van der Waals surface area contributed by atoms with Crippen LogP contribution in [0.15, 0.2) is 30.3 Å². The number of carboxylic acid groups (broad SMARTS) is 1. The molecule has 1 rings (SSSR count). The lowest BCUT2D eigenvalue weighted by Crippen LogP contribution is -2.60. The second-order valence-electron chi connectivity index (χ2n) is 12.9. The molecule has 0 aliphatic rings. The number of benzene rings is 1. The van der Waals surface area contributed by atoms with Gasteiger partial charge >= 0.3 is 5.97 Å². The van der Waals surface area contributed by atoms with Gasteiger partial charge in [0.2, 0.25) is 29.5 Å². The normalized spacial score (nSPS) is 14.4. The molecule has 0 spiro atoms. The Morgan fingerprint density at radius 2 is 1.28 bits per heavy atom. The molecule has 264 valence electrons. The highest BCUT2D eigenvalue weighted by Gasteiger charge is 2.34. The average Bonchev–Trinajstić information content (AvgIpc) is 3.00. The molecule has 0 aliphatic carbocycles. The smallest absolute Gasteiger partial charge is 0.326 e. The molecular formula is C33H55N7O7. The van der Waals surface area contributed by atoms with E-state index in [1.54, 1.807) is 27.7 Å². The third-order valence-corrected chi connectivity index (χ3v) is 7.47. The molecular weight excluding hydrogens is 606 g/mol. The summed E-state index contributed by atoms with van der Waals surface area (Å²) >= 11 is 0. The van der Waals surface area contributed by atoms with E-state index in [9.17, 15) is 33.9 Å². The summed E-state index contributed by atoms with van der Waals surface area (Å²) in [5.41, 5.74) is 12.5. The molecule has 5 amide bonds. The van der Waals surface area contributed by atoms with Crippen LogP contribution in [0.25, 0.3) is 0 Å². The molecule has 10 N–H and O–H groups in total. The molecule has 1 aromatic carbocycles. The Morgan fingerprint density at radius 1 is 0.723 bits per heavy atom. The number of hydrogen-bond donors (Lipinski definition) is 8. The summed E-state index contributed by atoms with van der Waals surface area (Å²) in [4.78, 5) is 76.9. The Labute approximate surface area is 277 Å². The first-order valence-corrected chi connectivity index (χ1v) is 16.3. The van der Waals surface area contributed by atoms with E-state index in [1.165, 1.54) is 0 Å². The highest BCUT2D eigenvalue weighted by atomic mass is 16.4. The second kappa shape index (κ2) is 21.0. The minimum atomic E-state index is -1.18. The molecule has 47 heavy (non-hydrogen) atoms. The predicted octanol–water partition coefficient (Wildman–Crippen LogP) is 0.184. The van der Waals surface area contributed by atoms with Crippen molar-refractivity contribution in [3.8, 4) is 0 Å². The summed E-state index contributed by atoms with van der Waals surface area (Å²) < 4.78 is 0. The minimum absolute atomic E-state index is 0.0100. The Kier molecular flexibility index (Phi) is 18.3. The molecule has 0 bridgehead atoms. The molecule has 0 unspecified atom stereocenters. The first kappa shape index (κ1) is 41.0. The highest BCUT2D eigenvalue weighted by molar-refractivity contribution is 5.95. The van der Waals surface area contributed by atoms with Gasteiger partial charge < -0.3 is 43.2 Å². The Balaban J connectivity index is 2.94. The van der Waals surface area contributed by atoms with E-state index < -0.39 is 84.1 Å². The molecule has 0 saturated carbocycles. The summed E-state index contributed by atoms with van der Waals surface area (Å²) in [7, 11) is 0. The lowest BCUT2D eigenvalue weighted by atomic mass is 9.98. The predicted molar refractivity (Wildman–Crippen MR) is 179 cm³/mol. The number of aliphatic carboxylic acids is 1. The minimum Gasteiger partial charge on any atom is -0.480 e. The fourth-order valence-corrected chi connectivity index (χ4v) is 4.79. The number of unbranched alkanes of at least 4 members (excludes halogenated alkanes) is 1. The van der Waals surface area contributed by atoms with Crippen LogP contribution >= 0.6 is 0 Å². The third-order valence-electron chi connectivity index (χ3n) is 7.47. The van der Waals surface area contributed by atoms with Crippen molar-refractivity contribution in [3.05, 3.63) is 35.9 Å². The molecule has 0 aromatic heterocycles. The molecule has 5 atom stereocenters. The fourth-order valence-electron chi connectivity index (χ4n) is 4.79. The van der Waals surface area contributed by atoms with Gasteiger partial charge in [0.15, 0.2) is 0 Å².